The van der Waals surface area contributed by atoms with Crippen LogP contribution in [0.2, 0.25) is 0 Å². The highest BCUT2D eigenvalue weighted by molar-refractivity contribution is 5.77. The van der Waals surface area contributed by atoms with Gasteiger partial charge < -0.3 is 5.11 Å². The molecule has 0 saturated carbocycles. The summed E-state index contributed by atoms with van der Waals surface area (Å²) in [5.41, 5.74) is -2.60. The number of carbonyl (C=O) groups is 1. The fourth-order valence-corrected chi connectivity index (χ4v) is 1.43. The van der Waals surface area contributed by atoms with Gasteiger partial charge in [0.05, 0.1) is 0 Å². The minimum Gasteiger partial charge on any atom is -0.376 e. The van der Waals surface area contributed by atoms with Crippen molar-refractivity contribution in [2.75, 3.05) is 0 Å². The number of aliphatic hydroxyl groups is 1. The van der Waals surface area contributed by atoms with E-state index in [0.29, 0.717) is 11.6 Å². The molecular formula is C13H13F3O2. The van der Waals surface area contributed by atoms with Gasteiger partial charge in [-0.2, -0.15) is 13.2 Å². The van der Waals surface area contributed by atoms with Crippen LogP contribution < -0.4 is 0 Å². The zero-order valence-corrected chi connectivity index (χ0v) is 9.74. The van der Waals surface area contributed by atoms with Gasteiger partial charge in [-0.25, -0.2) is 0 Å². The second-order valence-corrected chi connectivity index (χ2v) is 4.04. The van der Waals surface area contributed by atoms with E-state index in [2.05, 4.69) is 0 Å². The van der Waals surface area contributed by atoms with E-state index in [1.54, 1.807) is 30.3 Å². The summed E-state index contributed by atoms with van der Waals surface area (Å²) in [6.45, 7) is 1.01. The Bertz CT molecular complexity index is 437. The van der Waals surface area contributed by atoms with Crippen molar-refractivity contribution < 1.29 is 23.1 Å². The number of halogens is 3. The van der Waals surface area contributed by atoms with Crippen LogP contribution in [0.1, 0.15) is 18.9 Å². The van der Waals surface area contributed by atoms with Crippen molar-refractivity contribution in [3.8, 4) is 0 Å². The van der Waals surface area contributed by atoms with Crippen LogP contribution in [0.5, 0.6) is 0 Å². The second-order valence-electron chi connectivity index (χ2n) is 4.04. The lowest BCUT2D eigenvalue weighted by Gasteiger charge is -2.26. The summed E-state index contributed by atoms with van der Waals surface area (Å²) in [6, 6.07) is 8.25. The van der Waals surface area contributed by atoms with Crippen molar-refractivity contribution in [1.82, 2.24) is 0 Å². The molecule has 18 heavy (non-hydrogen) atoms. The summed E-state index contributed by atoms with van der Waals surface area (Å²) in [5, 5.41) is 9.55. The summed E-state index contributed by atoms with van der Waals surface area (Å²) < 4.78 is 38.1. The molecule has 0 aliphatic heterocycles. The Morgan fingerprint density at radius 3 is 2.28 bits per heavy atom. The molecule has 0 heterocycles. The highest BCUT2D eigenvalue weighted by Crippen LogP contribution is 2.35. The molecular weight excluding hydrogens is 245 g/mol. The second kappa shape index (κ2) is 5.35. The van der Waals surface area contributed by atoms with Crippen LogP contribution in [0.4, 0.5) is 13.2 Å². The molecule has 1 aromatic carbocycles. The lowest BCUT2D eigenvalue weighted by molar-refractivity contribution is -0.240. The number of benzene rings is 1. The summed E-state index contributed by atoms with van der Waals surface area (Å²) in [7, 11) is 0. The van der Waals surface area contributed by atoms with Gasteiger partial charge in [-0.15, -0.1) is 0 Å². The maximum atomic E-state index is 12.7. The van der Waals surface area contributed by atoms with Crippen LogP contribution in [-0.4, -0.2) is 22.7 Å². The first-order valence-corrected chi connectivity index (χ1v) is 5.27. The standard InChI is InChI=1S/C13H13F3O2/c1-10(17)9-12(18,13(14,15)16)8-7-11-5-3-2-4-6-11/h2-8,18H,9H2,1H3/b8-7+/t12-/m0/s1. The van der Waals surface area contributed by atoms with Gasteiger partial charge in [0.15, 0.2) is 5.60 Å². The molecule has 0 unspecified atom stereocenters. The van der Waals surface area contributed by atoms with E-state index in [0.717, 1.165) is 13.0 Å². The van der Waals surface area contributed by atoms with Crippen molar-refractivity contribution >= 4 is 11.9 Å². The molecule has 0 saturated heterocycles. The van der Waals surface area contributed by atoms with Crippen LogP contribution in [0.3, 0.4) is 0 Å². The third kappa shape index (κ3) is 3.70. The molecule has 0 bridgehead atoms. The topological polar surface area (TPSA) is 37.3 Å². The van der Waals surface area contributed by atoms with Gasteiger partial charge in [0.25, 0.3) is 0 Å². The number of hydrogen-bond acceptors (Lipinski definition) is 2. The molecule has 0 amide bonds. The summed E-state index contributed by atoms with van der Waals surface area (Å²) >= 11 is 0. The van der Waals surface area contributed by atoms with E-state index in [1.165, 1.54) is 0 Å². The maximum absolute atomic E-state index is 12.7. The van der Waals surface area contributed by atoms with Gasteiger partial charge in [0, 0.05) is 6.42 Å². The van der Waals surface area contributed by atoms with Crippen molar-refractivity contribution in [3.05, 3.63) is 42.0 Å². The predicted octanol–water partition coefficient (Wildman–Crippen LogP) is 2.97. The van der Waals surface area contributed by atoms with Gasteiger partial charge in [-0.3, -0.25) is 4.79 Å². The molecule has 1 rings (SSSR count). The van der Waals surface area contributed by atoms with Crippen molar-refractivity contribution in [2.24, 2.45) is 0 Å². The Hall–Kier alpha value is -1.62. The van der Waals surface area contributed by atoms with E-state index in [1.807, 2.05) is 0 Å². The number of ketones is 1. The first-order chi connectivity index (χ1) is 8.24. The summed E-state index contributed by atoms with van der Waals surface area (Å²) in [6.07, 6.45) is -4.11. The van der Waals surface area contributed by atoms with Gasteiger partial charge in [-0.1, -0.05) is 36.4 Å². The summed E-state index contributed by atoms with van der Waals surface area (Å²) in [4.78, 5) is 10.8. The molecule has 0 radical (unpaired) electrons. The smallest absolute Gasteiger partial charge is 0.376 e. The molecule has 0 spiro atoms. The van der Waals surface area contributed by atoms with Gasteiger partial charge in [-0.05, 0) is 18.6 Å². The number of hydrogen-bond donors (Lipinski definition) is 1. The highest BCUT2D eigenvalue weighted by Gasteiger charge is 2.52. The lowest BCUT2D eigenvalue weighted by atomic mass is 9.95. The molecule has 2 nitrogen and oxygen atoms in total. The van der Waals surface area contributed by atoms with Crippen LogP contribution in [0, 0.1) is 0 Å². The normalized spacial score (nSPS) is 15.6. The van der Waals surface area contributed by atoms with Crippen molar-refractivity contribution in [3.63, 3.8) is 0 Å². The fourth-order valence-electron chi connectivity index (χ4n) is 1.43. The molecule has 98 valence electrons. The zero-order valence-electron chi connectivity index (χ0n) is 9.74. The van der Waals surface area contributed by atoms with Crippen LogP contribution in [0.15, 0.2) is 36.4 Å². The molecule has 0 aromatic heterocycles. The van der Waals surface area contributed by atoms with E-state index >= 15 is 0 Å². The Balaban J connectivity index is 2.99. The van der Waals surface area contributed by atoms with Crippen LogP contribution in [-0.2, 0) is 4.79 Å². The highest BCUT2D eigenvalue weighted by atomic mass is 19.4. The molecule has 0 fully saturated rings. The van der Waals surface area contributed by atoms with Crippen LogP contribution >= 0.6 is 0 Å². The largest absolute Gasteiger partial charge is 0.421 e. The molecule has 0 aliphatic rings. The number of rotatable bonds is 4. The number of Topliss-reactive ketones (excluding diaryl/α,β-unsaturated/α-hetero) is 1. The SMILES string of the molecule is CC(=O)C[C@@](O)(/C=C/c1ccccc1)C(F)(F)F. The zero-order chi connectivity index (χ0) is 13.8. The number of alkyl halides is 3. The average Bonchev–Trinajstić information content (AvgIpc) is 2.25. The Morgan fingerprint density at radius 1 is 1.28 bits per heavy atom. The van der Waals surface area contributed by atoms with Gasteiger partial charge >= 0.3 is 6.18 Å². The quantitative estimate of drug-likeness (QED) is 0.901. The summed E-state index contributed by atoms with van der Waals surface area (Å²) in [5.74, 6) is -0.729. The molecule has 1 aromatic rings. The Kier molecular flexibility index (Phi) is 4.29. The first-order valence-electron chi connectivity index (χ1n) is 5.27. The van der Waals surface area contributed by atoms with Gasteiger partial charge in [0.2, 0.25) is 0 Å². The molecule has 5 heteroatoms. The molecule has 0 aliphatic carbocycles. The van der Waals surface area contributed by atoms with Crippen LogP contribution in [0.25, 0.3) is 6.08 Å². The van der Waals surface area contributed by atoms with E-state index in [-0.39, 0.29) is 0 Å². The predicted molar refractivity (Wildman–Crippen MR) is 61.8 cm³/mol. The molecule has 1 atom stereocenters. The number of carbonyl (C=O) groups excluding carboxylic acids is 1. The maximum Gasteiger partial charge on any atom is 0.421 e. The van der Waals surface area contributed by atoms with Crippen molar-refractivity contribution in [1.29, 1.82) is 0 Å². The molecule has 1 N–H and O–H groups in total. The van der Waals surface area contributed by atoms with E-state index < -0.39 is 24.0 Å². The van der Waals surface area contributed by atoms with E-state index in [9.17, 15) is 23.1 Å². The van der Waals surface area contributed by atoms with Crippen molar-refractivity contribution in [2.45, 2.75) is 25.1 Å². The van der Waals surface area contributed by atoms with E-state index in [4.69, 9.17) is 0 Å². The first kappa shape index (κ1) is 14.4. The Morgan fingerprint density at radius 2 is 1.83 bits per heavy atom. The average molecular weight is 258 g/mol. The fraction of sp³-hybridized carbons (Fsp3) is 0.308. The minimum absolute atomic E-state index is 0.517. The monoisotopic (exact) mass is 258 g/mol. The van der Waals surface area contributed by atoms with Gasteiger partial charge in [0.1, 0.15) is 5.78 Å². The lowest BCUT2D eigenvalue weighted by Crippen LogP contribution is -2.44. The Labute approximate surface area is 103 Å². The minimum atomic E-state index is -4.88. The third-order valence-corrected chi connectivity index (χ3v) is 2.36. The third-order valence-electron chi connectivity index (χ3n) is 2.36.